The SMILES string of the molecule is CCCC(=O)Nc1ccc(N2CCCN(c3ncccn3)CC2)cc1C(=O)O. The van der Waals surface area contributed by atoms with Gasteiger partial charge in [-0.2, -0.15) is 0 Å². The van der Waals surface area contributed by atoms with Crippen molar-refractivity contribution >= 4 is 29.2 Å². The van der Waals surface area contributed by atoms with Crippen LogP contribution in [0, 0.1) is 0 Å². The van der Waals surface area contributed by atoms with Crippen LogP contribution >= 0.6 is 0 Å². The summed E-state index contributed by atoms with van der Waals surface area (Å²) in [5.41, 5.74) is 1.28. The third-order valence-corrected chi connectivity index (χ3v) is 4.68. The van der Waals surface area contributed by atoms with E-state index in [1.54, 1.807) is 30.6 Å². The molecule has 0 bridgehead atoms. The highest BCUT2D eigenvalue weighted by Gasteiger charge is 2.19. The molecule has 28 heavy (non-hydrogen) atoms. The summed E-state index contributed by atoms with van der Waals surface area (Å²) < 4.78 is 0. The van der Waals surface area contributed by atoms with E-state index in [1.807, 2.05) is 13.0 Å². The van der Waals surface area contributed by atoms with Gasteiger partial charge in [-0.3, -0.25) is 4.79 Å². The Morgan fingerprint density at radius 1 is 1.11 bits per heavy atom. The molecule has 3 rings (SSSR count). The van der Waals surface area contributed by atoms with Gasteiger partial charge < -0.3 is 20.2 Å². The van der Waals surface area contributed by atoms with Gasteiger partial charge in [-0.1, -0.05) is 6.92 Å². The number of carboxylic acids is 1. The van der Waals surface area contributed by atoms with Crippen molar-refractivity contribution in [3.8, 4) is 0 Å². The first kappa shape index (κ1) is 19.6. The minimum Gasteiger partial charge on any atom is -0.478 e. The predicted octanol–water partition coefficient (Wildman–Crippen LogP) is 2.63. The largest absolute Gasteiger partial charge is 0.478 e. The summed E-state index contributed by atoms with van der Waals surface area (Å²) in [6, 6.07) is 6.97. The number of amides is 1. The van der Waals surface area contributed by atoms with Gasteiger partial charge in [-0.15, -0.1) is 0 Å². The van der Waals surface area contributed by atoms with Crippen molar-refractivity contribution < 1.29 is 14.7 Å². The lowest BCUT2D eigenvalue weighted by Crippen LogP contribution is -2.31. The van der Waals surface area contributed by atoms with E-state index in [9.17, 15) is 14.7 Å². The van der Waals surface area contributed by atoms with Crippen LogP contribution in [0.5, 0.6) is 0 Å². The molecule has 0 radical (unpaired) electrons. The molecule has 1 saturated heterocycles. The van der Waals surface area contributed by atoms with Crippen LogP contribution in [-0.4, -0.2) is 53.1 Å². The van der Waals surface area contributed by atoms with Gasteiger partial charge in [0.1, 0.15) is 0 Å². The summed E-state index contributed by atoms with van der Waals surface area (Å²) in [4.78, 5) is 36.5. The van der Waals surface area contributed by atoms with E-state index in [0.717, 1.165) is 38.3 Å². The van der Waals surface area contributed by atoms with Crippen LogP contribution in [0.4, 0.5) is 17.3 Å². The molecule has 0 spiro atoms. The molecule has 1 aromatic heterocycles. The maximum absolute atomic E-state index is 11.9. The Morgan fingerprint density at radius 3 is 2.54 bits per heavy atom. The van der Waals surface area contributed by atoms with E-state index in [0.29, 0.717) is 24.5 Å². The monoisotopic (exact) mass is 383 g/mol. The number of aromatic nitrogens is 2. The normalized spacial score (nSPS) is 14.5. The lowest BCUT2D eigenvalue weighted by atomic mass is 10.1. The van der Waals surface area contributed by atoms with Crippen LogP contribution < -0.4 is 15.1 Å². The lowest BCUT2D eigenvalue weighted by Gasteiger charge is -2.24. The zero-order valence-electron chi connectivity index (χ0n) is 16.0. The molecule has 2 N–H and O–H groups in total. The number of hydrogen-bond acceptors (Lipinski definition) is 6. The van der Waals surface area contributed by atoms with Crippen molar-refractivity contribution in [2.45, 2.75) is 26.2 Å². The minimum atomic E-state index is -1.05. The molecular weight excluding hydrogens is 358 g/mol. The maximum Gasteiger partial charge on any atom is 0.337 e. The van der Waals surface area contributed by atoms with Crippen molar-refractivity contribution in [2.75, 3.05) is 41.3 Å². The number of anilines is 3. The van der Waals surface area contributed by atoms with Crippen molar-refractivity contribution in [2.24, 2.45) is 0 Å². The summed E-state index contributed by atoms with van der Waals surface area (Å²) >= 11 is 0. The molecule has 1 aliphatic rings. The van der Waals surface area contributed by atoms with E-state index in [4.69, 9.17) is 0 Å². The topological polar surface area (TPSA) is 98.7 Å². The number of rotatable bonds is 6. The number of hydrogen-bond donors (Lipinski definition) is 2. The molecule has 0 saturated carbocycles. The fourth-order valence-electron chi connectivity index (χ4n) is 3.28. The molecule has 0 unspecified atom stereocenters. The first-order chi connectivity index (χ1) is 13.6. The molecule has 1 aromatic carbocycles. The molecule has 2 heterocycles. The van der Waals surface area contributed by atoms with Crippen LogP contribution in [-0.2, 0) is 4.79 Å². The molecule has 0 aliphatic carbocycles. The van der Waals surface area contributed by atoms with Gasteiger partial charge in [0.15, 0.2) is 0 Å². The van der Waals surface area contributed by atoms with E-state index < -0.39 is 5.97 Å². The second-order valence-electron chi connectivity index (χ2n) is 6.71. The van der Waals surface area contributed by atoms with Crippen LogP contribution in [0.15, 0.2) is 36.7 Å². The third kappa shape index (κ3) is 4.76. The highest BCUT2D eigenvalue weighted by atomic mass is 16.4. The van der Waals surface area contributed by atoms with Gasteiger partial charge in [-0.25, -0.2) is 14.8 Å². The Bertz CT molecular complexity index is 828. The number of carbonyl (C=O) groups excluding carboxylic acids is 1. The Hall–Kier alpha value is -3.16. The van der Waals surface area contributed by atoms with Crippen LogP contribution in [0.2, 0.25) is 0 Å². The summed E-state index contributed by atoms with van der Waals surface area (Å²) in [6.07, 6.45) is 5.45. The zero-order valence-corrected chi connectivity index (χ0v) is 16.0. The number of nitrogens with zero attached hydrogens (tertiary/aromatic N) is 4. The number of carboxylic acid groups (broad SMARTS) is 1. The van der Waals surface area contributed by atoms with E-state index in [1.165, 1.54) is 0 Å². The fraction of sp³-hybridized carbons (Fsp3) is 0.400. The number of nitrogens with one attached hydrogen (secondary N) is 1. The summed E-state index contributed by atoms with van der Waals surface area (Å²) in [6.45, 7) is 5.05. The Labute approximate surface area is 164 Å². The lowest BCUT2D eigenvalue weighted by molar-refractivity contribution is -0.116. The summed E-state index contributed by atoms with van der Waals surface area (Å²) in [5.74, 6) is -0.515. The van der Waals surface area contributed by atoms with E-state index >= 15 is 0 Å². The molecular formula is C20H25N5O3. The molecule has 2 aromatic rings. The van der Waals surface area contributed by atoms with E-state index in [-0.39, 0.29) is 11.5 Å². The molecule has 148 valence electrons. The quantitative estimate of drug-likeness (QED) is 0.791. The van der Waals surface area contributed by atoms with E-state index in [2.05, 4.69) is 25.1 Å². The molecule has 8 nitrogen and oxygen atoms in total. The van der Waals surface area contributed by atoms with Crippen molar-refractivity contribution in [1.29, 1.82) is 0 Å². The van der Waals surface area contributed by atoms with Crippen LogP contribution in [0.25, 0.3) is 0 Å². The highest BCUT2D eigenvalue weighted by Crippen LogP contribution is 2.25. The van der Waals surface area contributed by atoms with Gasteiger partial charge in [0, 0.05) is 50.7 Å². The Balaban J connectivity index is 1.75. The third-order valence-electron chi connectivity index (χ3n) is 4.68. The van der Waals surface area contributed by atoms with Gasteiger partial charge in [0.05, 0.1) is 11.3 Å². The van der Waals surface area contributed by atoms with Crippen molar-refractivity contribution in [3.05, 3.63) is 42.2 Å². The minimum absolute atomic E-state index is 0.106. The molecule has 1 fully saturated rings. The zero-order chi connectivity index (χ0) is 19.9. The first-order valence-corrected chi connectivity index (χ1v) is 9.52. The smallest absolute Gasteiger partial charge is 0.337 e. The number of aromatic carboxylic acids is 1. The second kappa shape index (κ2) is 9.16. The first-order valence-electron chi connectivity index (χ1n) is 9.52. The van der Waals surface area contributed by atoms with Crippen molar-refractivity contribution in [1.82, 2.24) is 9.97 Å². The standard InChI is InChI=1S/C20H25N5O3/c1-2-5-18(26)23-17-7-6-15(14-16(17)19(27)28)24-10-4-11-25(13-12-24)20-21-8-3-9-22-20/h3,6-9,14H,2,4-5,10-13H2,1H3,(H,23,26)(H,27,28). The van der Waals surface area contributed by atoms with Gasteiger partial charge in [0.25, 0.3) is 0 Å². The highest BCUT2D eigenvalue weighted by molar-refractivity contribution is 6.01. The number of carbonyl (C=O) groups is 2. The molecule has 0 atom stereocenters. The maximum atomic E-state index is 11.9. The average Bonchev–Trinajstić information content (AvgIpc) is 2.95. The Kier molecular flexibility index (Phi) is 6.41. The predicted molar refractivity (Wildman–Crippen MR) is 108 cm³/mol. The Morgan fingerprint density at radius 2 is 1.82 bits per heavy atom. The molecule has 1 amide bonds. The van der Waals surface area contributed by atoms with Crippen LogP contribution in [0.3, 0.4) is 0 Å². The van der Waals surface area contributed by atoms with Gasteiger partial charge in [-0.05, 0) is 37.1 Å². The average molecular weight is 383 g/mol. The molecule has 8 heteroatoms. The van der Waals surface area contributed by atoms with Crippen LogP contribution in [0.1, 0.15) is 36.5 Å². The molecule has 1 aliphatic heterocycles. The van der Waals surface area contributed by atoms with Crippen molar-refractivity contribution in [3.63, 3.8) is 0 Å². The fourth-order valence-corrected chi connectivity index (χ4v) is 3.28. The number of benzene rings is 1. The second-order valence-corrected chi connectivity index (χ2v) is 6.71. The van der Waals surface area contributed by atoms with Gasteiger partial charge in [0.2, 0.25) is 11.9 Å². The van der Waals surface area contributed by atoms with Gasteiger partial charge >= 0.3 is 5.97 Å². The summed E-state index contributed by atoms with van der Waals surface area (Å²) in [5, 5.41) is 12.3. The summed E-state index contributed by atoms with van der Waals surface area (Å²) in [7, 11) is 0.